The van der Waals surface area contributed by atoms with E-state index in [9.17, 15) is 0 Å². The Labute approximate surface area is 129 Å². The summed E-state index contributed by atoms with van der Waals surface area (Å²) < 4.78 is 5.64. The van der Waals surface area contributed by atoms with E-state index < -0.39 is 0 Å². The summed E-state index contributed by atoms with van der Waals surface area (Å²) in [6, 6.07) is 1.96. The van der Waals surface area contributed by atoms with Crippen LogP contribution >= 0.6 is 0 Å². The maximum absolute atomic E-state index is 5.64. The average Bonchev–Trinajstić information content (AvgIpc) is 2.55. The maximum atomic E-state index is 5.64. The van der Waals surface area contributed by atoms with E-state index in [-0.39, 0.29) is 6.04 Å². The quantitative estimate of drug-likeness (QED) is 0.909. The van der Waals surface area contributed by atoms with Gasteiger partial charge in [-0.15, -0.1) is 0 Å². The Morgan fingerprint density at radius 2 is 2.27 bits per heavy atom. The molecule has 0 saturated carbocycles. The second kappa shape index (κ2) is 6.76. The third kappa shape index (κ3) is 3.37. The van der Waals surface area contributed by atoms with Gasteiger partial charge in [0.2, 0.25) is 0 Å². The van der Waals surface area contributed by atoms with Crippen molar-refractivity contribution in [1.29, 1.82) is 0 Å². The summed E-state index contributed by atoms with van der Waals surface area (Å²) >= 11 is 0. The predicted molar refractivity (Wildman–Crippen MR) is 82.3 cm³/mol. The van der Waals surface area contributed by atoms with Crippen molar-refractivity contribution in [3.63, 3.8) is 0 Å². The average molecular weight is 300 g/mol. The fraction of sp³-hybridized carbons (Fsp3) is 0.467. The van der Waals surface area contributed by atoms with Gasteiger partial charge in [-0.3, -0.25) is 14.9 Å². The Kier molecular flexibility index (Phi) is 4.55. The second-order valence-electron chi connectivity index (χ2n) is 5.26. The van der Waals surface area contributed by atoms with Gasteiger partial charge in [-0.25, -0.2) is 9.97 Å². The number of ether oxygens (including phenoxy) is 1. The molecule has 0 aliphatic carbocycles. The van der Waals surface area contributed by atoms with E-state index in [2.05, 4.69) is 30.2 Å². The van der Waals surface area contributed by atoms with Crippen molar-refractivity contribution in [1.82, 2.24) is 24.8 Å². The van der Waals surface area contributed by atoms with E-state index in [0.29, 0.717) is 19.8 Å². The highest BCUT2D eigenvalue weighted by atomic mass is 16.5. The minimum Gasteiger partial charge on any atom is -0.378 e. The molecule has 1 atom stereocenters. The number of hydrogen-bond acceptors (Lipinski definition) is 7. The molecule has 116 valence electrons. The lowest BCUT2D eigenvalue weighted by molar-refractivity contribution is -0.0165. The number of hydrogen-bond donors (Lipinski definition) is 1. The number of aryl methyl sites for hydroxylation is 1. The van der Waals surface area contributed by atoms with Crippen LogP contribution in [-0.2, 0) is 11.3 Å². The van der Waals surface area contributed by atoms with Crippen LogP contribution in [0.4, 0.5) is 5.82 Å². The van der Waals surface area contributed by atoms with Gasteiger partial charge in [0.05, 0.1) is 24.9 Å². The van der Waals surface area contributed by atoms with Gasteiger partial charge in [0.15, 0.2) is 0 Å². The van der Waals surface area contributed by atoms with Crippen LogP contribution in [0.3, 0.4) is 0 Å². The zero-order valence-electron chi connectivity index (χ0n) is 12.9. The molecule has 0 aromatic carbocycles. The van der Waals surface area contributed by atoms with E-state index in [1.807, 2.05) is 20.0 Å². The lowest BCUT2D eigenvalue weighted by atomic mass is 10.2. The van der Waals surface area contributed by atoms with Gasteiger partial charge in [-0.2, -0.15) is 0 Å². The molecule has 0 unspecified atom stereocenters. The zero-order valence-corrected chi connectivity index (χ0v) is 12.9. The van der Waals surface area contributed by atoms with Gasteiger partial charge in [-0.1, -0.05) is 0 Å². The SMILES string of the molecule is CNc1cc(C)nc([C@H]2COCCN2Cc2cnccn2)n1. The van der Waals surface area contributed by atoms with Crippen molar-refractivity contribution in [2.45, 2.75) is 19.5 Å². The van der Waals surface area contributed by atoms with Crippen LogP contribution in [0.2, 0.25) is 0 Å². The molecular weight excluding hydrogens is 280 g/mol. The number of nitrogens with one attached hydrogen (secondary N) is 1. The van der Waals surface area contributed by atoms with Gasteiger partial charge in [0, 0.05) is 50.5 Å². The molecule has 7 heteroatoms. The number of rotatable bonds is 4. The molecule has 0 radical (unpaired) electrons. The fourth-order valence-electron chi connectivity index (χ4n) is 2.55. The van der Waals surface area contributed by atoms with Crippen molar-refractivity contribution in [2.24, 2.45) is 0 Å². The van der Waals surface area contributed by atoms with Crippen LogP contribution in [0.1, 0.15) is 23.3 Å². The highest BCUT2D eigenvalue weighted by molar-refractivity contribution is 5.35. The topological polar surface area (TPSA) is 76.1 Å². The molecule has 7 nitrogen and oxygen atoms in total. The Hall–Kier alpha value is -2.12. The Morgan fingerprint density at radius 3 is 3.05 bits per heavy atom. The van der Waals surface area contributed by atoms with E-state index in [0.717, 1.165) is 29.6 Å². The first-order valence-electron chi connectivity index (χ1n) is 7.36. The smallest absolute Gasteiger partial charge is 0.150 e. The maximum Gasteiger partial charge on any atom is 0.150 e. The first kappa shape index (κ1) is 14.8. The number of anilines is 1. The fourth-order valence-corrected chi connectivity index (χ4v) is 2.55. The number of aromatic nitrogens is 4. The summed E-state index contributed by atoms with van der Waals surface area (Å²) in [4.78, 5) is 20.0. The van der Waals surface area contributed by atoms with E-state index in [4.69, 9.17) is 4.74 Å². The second-order valence-corrected chi connectivity index (χ2v) is 5.26. The molecule has 1 aliphatic heterocycles. The standard InChI is InChI=1S/C15H20N6O/c1-11-7-14(16-2)20-15(19-11)13-10-22-6-5-21(13)9-12-8-17-3-4-18-12/h3-4,7-8,13H,5-6,9-10H2,1-2H3,(H,16,19,20)/t13-/m1/s1. The van der Waals surface area contributed by atoms with Crippen molar-refractivity contribution in [3.05, 3.63) is 41.9 Å². The lowest BCUT2D eigenvalue weighted by Crippen LogP contribution is -2.40. The molecule has 3 heterocycles. The summed E-state index contributed by atoms with van der Waals surface area (Å²) in [5.74, 6) is 1.61. The van der Waals surface area contributed by atoms with Gasteiger partial charge in [0.1, 0.15) is 11.6 Å². The Balaban J connectivity index is 1.84. The summed E-state index contributed by atoms with van der Waals surface area (Å²) in [6.45, 7) is 4.82. The third-order valence-electron chi connectivity index (χ3n) is 3.65. The van der Waals surface area contributed by atoms with Crippen molar-refractivity contribution < 1.29 is 4.74 Å². The van der Waals surface area contributed by atoms with Crippen molar-refractivity contribution in [3.8, 4) is 0 Å². The van der Waals surface area contributed by atoms with Gasteiger partial charge in [0.25, 0.3) is 0 Å². The highest BCUT2D eigenvalue weighted by Gasteiger charge is 2.27. The molecule has 1 aliphatic rings. The largest absolute Gasteiger partial charge is 0.378 e. The molecule has 0 amide bonds. The van der Waals surface area contributed by atoms with E-state index in [1.165, 1.54) is 0 Å². The molecular formula is C15H20N6O. The summed E-state index contributed by atoms with van der Waals surface area (Å²) in [6.07, 6.45) is 5.19. The molecule has 0 bridgehead atoms. The molecule has 3 rings (SSSR count). The van der Waals surface area contributed by atoms with Crippen molar-refractivity contribution >= 4 is 5.82 Å². The van der Waals surface area contributed by atoms with Crippen LogP contribution in [0.25, 0.3) is 0 Å². The van der Waals surface area contributed by atoms with Crippen LogP contribution in [0.15, 0.2) is 24.7 Å². The van der Waals surface area contributed by atoms with Gasteiger partial charge in [-0.05, 0) is 6.92 Å². The minimum absolute atomic E-state index is 0.0303. The first-order chi connectivity index (χ1) is 10.8. The van der Waals surface area contributed by atoms with Crippen LogP contribution in [0, 0.1) is 6.92 Å². The Morgan fingerprint density at radius 1 is 1.36 bits per heavy atom. The van der Waals surface area contributed by atoms with Crippen molar-refractivity contribution in [2.75, 3.05) is 32.1 Å². The number of morpholine rings is 1. The molecule has 2 aromatic heterocycles. The van der Waals surface area contributed by atoms with Gasteiger partial charge >= 0.3 is 0 Å². The normalized spacial score (nSPS) is 19.1. The van der Waals surface area contributed by atoms with Gasteiger partial charge < -0.3 is 10.1 Å². The van der Waals surface area contributed by atoms with Crippen LogP contribution in [-0.4, -0.2) is 51.6 Å². The first-order valence-corrected chi connectivity index (χ1v) is 7.36. The summed E-state index contributed by atoms with van der Waals surface area (Å²) in [5, 5.41) is 3.08. The molecule has 22 heavy (non-hydrogen) atoms. The lowest BCUT2D eigenvalue weighted by Gasteiger charge is -2.34. The zero-order chi connectivity index (χ0) is 15.4. The van der Waals surface area contributed by atoms with Crippen LogP contribution in [0.5, 0.6) is 0 Å². The highest BCUT2D eigenvalue weighted by Crippen LogP contribution is 2.24. The molecule has 2 aromatic rings. The van der Waals surface area contributed by atoms with E-state index >= 15 is 0 Å². The molecule has 1 saturated heterocycles. The third-order valence-corrected chi connectivity index (χ3v) is 3.65. The Bertz CT molecular complexity index is 621. The number of nitrogens with zero attached hydrogens (tertiary/aromatic N) is 5. The molecule has 1 fully saturated rings. The van der Waals surface area contributed by atoms with Crippen LogP contribution < -0.4 is 5.32 Å². The summed E-state index contributed by atoms with van der Waals surface area (Å²) in [5.41, 5.74) is 1.88. The monoisotopic (exact) mass is 300 g/mol. The predicted octanol–water partition coefficient (Wildman–Crippen LogP) is 1.19. The van der Waals surface area contributed by atoms with E-state index in [1.54, 1.807) is 18.6 Å². The summed E-state index contributed by atoms with van der Waals surface area (Å²) in [7, 11) is 1.86. The molecule has 1 N–H and O–H groups in total. The minimum atomic E-state index is 0.0303. The molecule has 0 spiro atoms.